The van der Waals surface area contributed by atoms with E-state index in [0.717, 1.165) is 36.2 Å². The monoisotopic (exact) mass is 334 g/mol. The smallest absolute Gasteiger partial charge is 0.272 e. The fraction of sp³-hybridized carbons (Fsp3) is 0.412. The normalized spacial score (nSPS) is 13.3. The molecule has 0 saturated heterocycles. The number of rotatable bonds is 4. The average Bonchev–Trinajstić information content (AvgIpc) is 3.06. The number of aromatic nitrogens is 2. The molecule has 1 aliphatic carbocycles. The van der Waals surface area contributed by atoms with Gasteiger partial charge in [-0.25, -0.2) is 4.68 Å². The third kappa shape index (κ3) is 3.74. The first-order valence-corrected chi connectivity index (χ1v) is 7.69. The van der Waals surface area contributed by atoms with E-state index in [1.54, 1.807) is 0 Å². The van der Waals surface area contributed by atoms with Crippen molar-refractivity contribution in [2.45, 2.75) is 38.6 Å². The lowest BCUT2D eigenvalue weighted by atomic mass is 10.1. The molecule has 0 fully saturated rings. The van der Waals surface area contributed by atoms with Crippen LogP contribution in [0.5, 0.6) is 0 Å². The summed E-state index contributed by atoms with van der Waals surface area (Å²) in [6.07, 6.45) is 2.95. The van der Waals surface area contributed by atoms with E-state index < -0.39 is 5.54 Å². The molecule has 0 radical (unpaired) electrons. The Balaban J connectivity index is 0.00000192. The molecule has 0 aliphatic heterocycles. The number of amides is 1. The Labute approximate surface area is 142 Å². The number of hydrogen-bond acceptors (Lipinski definition) is 3. The van der Waals surface area contributed by atoms with Crippen LogP contribution in [-0.2, 0) is 12.8 Å². The summed E-state index contributed by atoms with van der Waals surface area (Å²) in [5, 5.41) is 7.46. The first-order chi connectivity index (χ1) is 10.5. The van der Waals surface area contributed by atoms with Gasteiger partial charge in [0.15, 0.2) is 5.69 Å². The van der Waals surface area contributed by atoms with Crippen molar-refractivity contribution in [3.63, 3.8) is 0 Å². The molecule has 0 saturated carbocycles. The summed E-state index contributed by atoms with van der Waals surface area (Å²) in [6, 6.07) is 9.96. The number of para-hydroxylation sites is 1. The molecule has 23 heavy (non-hydrogen) atoms. The second kappa shape index (κ2) is 6.72. The van der Waals surface area contributed by atoms with E-state index in [4.69, 9.17) is 5.73 Å². The summed E-state index contributed by atoms with van der Waals surface area (Å²) in [5.41, 5.74) is 9.28. The second-order valence-corrected chi connectivity index (χ2v) is 6.55. The summed E-state index contributed by atoms with van der Waals surface area (Å²) in [6.45, 7) is 4.21. The van der Waals surface area contributed by atoms with Crippen LogP contribution in [0.2, 0.25) is 0 Å². The molecule has 3 N–H and O–H groups in total. The maximum absolute atomic E-state index is 12.5. The number of nitrogens with zero attached hydrogens (tertiary/aromatic N) is 2. The van der Waals surface area contributed by atoms with E-state index in [1.165, 1.54) is 0 Å². The van der Waals surface area contributed by atoms with E-state index in [1.807, 2.05) is 48.9 Å². The molecule has 0 bridgehead atoms. The van der Waals surface area contributed by atoms with E-state index >= 15 is 0 Å². The van der Waals surface area contributed by atoms with Gasteiger partial charge < -0.3 is 11.1 Å². The molecule has 2 aromatic rings. The Bertz CT molecular complexity index is 689. The zero-order valence-electron chi connectivity index (χ0n) is 13.5. The summed E-state index contributed by atoms with van der Waals surface area (Å²) in [4.78, 5) is 12.5. The van der Waals surface area contributed by atoms with Crippen LogP contribution in [-0.4, -0.2) is 27.8 Å². The minimum absolute atomic E-state index is 0. The minimum atomic E-state index is -0.430. The number of nitrogens with one attached hydrogen (secondary N) is 1. The molecular weight excluding hydrogens is 312 g/mol. The van der Waals surface area contributed by atoms with Crippen molar-refractivity contribution in [1.29, 1.82) is 0 Å². The number of carbonyl (C=O) groups excluding carboxylic acids is 1. The number of carbonyl (C=O) groups is 1. The maximum Gasteiger partial charge on any atom is 0.272 e. The van der Waals surface area contributed by atoms with Gasteiger partial charge in [0.25, 0.3) is 5.91 Å². The van der Waals surface area contributed by atoms with Gasteiger partial charge in [-0.05, 0) is 45.2 Å². The van der Waals surface area contributed by atoms with Crippen LogP contribution < -0.4 is 11.1 Å². The molecule has 0 atom stereocenters. The Morgan fingerprint density at radius 2 is 2.00 bits per heavy atom. The van der Waals surface area contributed by atoms with Crippen molar-refractivity contribution >= 4 is 18.3 Å². The maximum atomic E-state index is 12.5. The highest BCUT2D eigenvalue weighted by atomic mass is 35.5. The van der Waals surface area contributed by atoms with E-state index in [0.29, 0.717) is 12.2 Å². The molecule has 0 spiro atoms. The van der Waals surface area contributed by atoms with Gasteiger partial charge in [0.05, 0.1) is 5.69 Å². The zero-order valence-corrected chi connectivity index (χ0v) is 14.3. The van der Waals surface area contributed by atoms with Crippen LogP contribution in [0.4, 0.5) is 0 Å². The number of halogens is 1. The molecule has 1 amide bonds. The van der Waals surface area contributed by atoms with Crippen LogP contribution in [0, 0.1) is 0 Å². The molecule has 5 nitrogen and oxygen atoms in total. The van der Waals surface area contributed by atoms with Crippen LogP contribution in [0.25, 0.3) is 5.69 Å². The van der Waals surface area contributed by atoms with Crippen LogP contribution in [0.15, 0.2) is 30.3 Å². The molecular formula is C17H23ClN4O. The van der Waals surface area contributed by atoms with E-state index in [2.05, 4.69) is 10.4 Å². The number of benzene rings is 1. The fourth-order valence-electron chi connectivity index (χ4n) is 2.79. The van der Waals surface area contributed by atoms with Gasteiger partial charge in [0.2, 0.25) is 0 Å². The van der Waals surface area contributed by atoms with Gasteiger partial charge in [-0.3, -0.25) is 4.79 Å². The number of nitrogens with two attached hydrogens (primary N) is 1. The predicted octanol–water partition coefficient (Wildman–Crippen LogP) is 2.25. The molecule has 3 rings (SSSR count). The lowest BCUT2D eigenvalue weighted by Crippen LogP contribution is -2.45. The molecule has 1 aromatic carbocycles. The van der Waals surface area contributed by atoms with Gasteiger partial charge in [-0.2, -0.15) is 5.10 Å². The Kier molecular flexibility index (Phi) is 5.12. The van der Waals surface area contributed by atoms with Crippen molar-refractivity contribution < 1.29 is 4.79 Å². The van der Waals surface area contributed by atoms with Crippen molar-refractivity contribution in [2.75, 3.05) is 6.54 Å². The zero-order chi connectivity index (χ0) is 15.7. The van der Waals surface area contributed by atoms with Crippen LogP contribution in [0.1, 0.15) is 42.0 Å². The summed E-state index contributed by atoms with van der Waals surface area (Å²) < 4.78 is 1.91. The molecule has 1 aromatic heterocycles. The molecule has 0 unspecified atom stereocenters. The minimum Gasteiger partial charge on any atom is -0.349 e. The lowest BCUT2D eigenvalue weighted by Gasteiger charge is -2.18. The van der Waals surface area contributed by atoms with Gasteiger partial charge in [0.1, 0.15) is 0 Å². The molecule has 1 aliphatic rings. The quantitative estimate of drug-likeness (QED) is 0.900. The largest absolute Gasteiger partial charge is 0.349 e. The lowest BCUT2D eigenvalue weighted by molar-refractivity contribution is 0.0939. The third-order valence-corrected chi connectivity index (χ3v) is 3.85. The predicted molar refractivity (Wildman–Crippen MR) is 93.4 cm³/mol. The summed E-state index contributed by atoms with van der Waals surface area (Å²) >= 11 is 0. The summed E-state index contributed by atoms with van der Waals surface area (Å²) in [7, 11) is 0. The highest BCUT2D eigenvalue weighted by molar-refractivity contribution is 5.94. The van der Waals surface area contributed by atoms with E-state index in [9.17, 15) is 4.79 Å². The van der Waals surface area contributed by atoms with Crippen molar-refractivity contribution in [3.8, 4) is 5.69 Å². The van der Waals surface area contributed by atoms with Crippen LogP contribution in [0.3, 0.4) is 0 Å². The van der Waals surface area contributed by atoms with Gasteiger partial charge in [0, 0.05) is 23.3 Å². The average molecular weight is 335 g/mol. The standard InChI is InChI=1S/C17H22N4O.ClH/c1-17(2,18)11-19-16(22)15-13-9-6-10-14(13)21(20-15)12-7-4-3-5-8-12;/h3-5,7-8H,6,9-11,18H2,1-2H3,(H,19,22);1H. The number of hydrogen-bond donors (Lipinski definition) is 2. The van der Waals surface area contributed by atoms with Gasteiger partial charge >= 0.3 is 0 Å². The van der Waals surface area contributed by atoms with Crippen molar-refractivity contribution in [3.05, 3.63) is 47.3 Å². The Hall–Kier alpha value is -1.85. The molecule has 6 heteroatoms. The fourth-order valence-corrected chi connectivity index (χ4v) is 2.79. The Morgan fingerprint density at radius 3 is 2.65 bits per heavy atom. The highest BCUT2D eigenvalue weighted by Crippen LogP contribution is 2.27. The van der Waals surface area contributed by atoms with Gasteiger partial charge in [-0.1, -0.05) is 18.2 Å². The highest BCUT2D eigenvalue weighted by Gasteiger charge is 2.27. The summed E-state index contributed by atoms with van der Waals surface area (Å²) in [5.74, 6) is -0.133. The molecule has 124 valence electrons. The topological polar surface area (TPSA) is 72.9 Å². The third-order valence-electron chi connectivity index (χ3n) is 3.85. The van der Waals surface area contributed by atoms with Crippen molar-refractivity contribution in [2.24, 2.45) is 5.73 Å². The van der Waals surface area contributed by atoms with Gasteiger partial charge in [-0.15, -0.1) is 12.4 Å². The van der Waals surface area contributed by atoms with Crippen molar-refractivity contribution in [1.82, 2.24) is 15.1 Å². The first kappa shape index (κ1) is 17.5. The molecule has 1 heterocycles. The van der Waals surface area contributed by atoms with E-state index in [-0.39, 0.29) is 18.3 Å². The number of fused-ring (bicyclic) bond motifs is 1. The SMILES string of the molecule is CC(C)(N)CNC(=O)c1nn(-c2ccccc2)c2c1CCC2.Cl. The first-order valence-electron chi connectivity index (χ1n) is 7.69. The second-order valence-electron chi connectivity index (χ2n) is 6.55. The van der Waals surface area contributed by atoms with Crippen LogP contribution >= 0.6 is 12.4 Å². The Morgan fingerprint density at radius 1 is 1.30 bits per heavy atom.